The molecule has 5 rings (SSSR count). The van der Waals surface area contributed by atoms with Crippen molar-refractivity contribution in [1.29, 1.82) is 0 Å². The van der Waals surface area contributed by atoms with Crippen LogP contribution in [0.1, 0.15) is 20.8 Å². The van der Waals surface area contributed by atoms with Gasteiger partial charge >= 0.3 is 0 Å². The SMILES string of the molecule is CC(C)(C)[Si](C)(C)Oc1ccc2cc(Br)c3c(ccc4c5ccccc5ccc43)c2c1. The molecule has 0 atom stereocenters. The van der Waals surface area contributed by atoms with E-state index in [1.807, 2.05) is 0 Å². The summed E-state index contributed by atoms with van der Waals surface area (Å²) in [4.78, 5) is 0. The predicted octanol–water partition coefficient (Wildman–Crippen LogP) is 9.45. The van der Waals surface area contributed by atoms with Crippen LogP contribution in [0.5, 0.6) is 5.75 Å². The van der Waals surface area contributed by atoms with E-state index in [1.54, 1.807) is 0 Å². The Morgan fingerprint density at radius 1 is 0.677 bits per heavy atom. The molecule has 0 bridgehead atoms. The minimum Gasteiger partial charge on any atom is -0.543 e. The van der Waals surface area contributed by atoms with Crippen LogP contribution in [0.15, 0.2) is 77.3 Å². The molecule has 0 N–H and O–H groups in total. The molecule has 1 nitrogen and oxygen atoms in total. The molecule has 0 unspecified atom stereocenters. The Labute approximate surface area is 193 Å². The highest BCUT2D eigenvalue weighted by molar-refractivity contribution is 9.10. The molecule has 0 aliphatic heterocycles. The number of rotatable bonds is 2. The number of benzene rings is 5. The highest BCUT2D eigenvalue weighted by Gasteiger charge is 2.39. The predicted molar refractivity (Wildman–Crippen MR) is 142 cm³/mol. The summed E-state index contributed by atoms with van der Waals surface area (Å²) >= 11 is 3.87. The second-order valence-corrected chi connectivity index (χ2v) is 15.6. The first-order valence-corrected chi connectivity index (χ1v) is 14.5. The Bertz CT molecular complexity index is 1480. The molecule has 156 valence electrons. The minimum absolute atomic E-state index is 0.168. The van der Waals surface area contributed by atoms with Gasteiger partial charge in [-0.3, -0.25) is 0 Å². The van der Waals surface area contributed by atoms with Gasteiger partial charge in [-0.2, -0.15) is 0 Å². The summed E-state index contributed by atoms with van der Waals surface area (Å²) in [5, 5.41) is 10.3. The Balaban J connectivity index is 1.78. The summed E-state index contributed by atoms with van der Waals surface area (Å²) < 4.78 is 7.76. The average Bonchev–Trinajstić information content (AvgIpc) is 2.72. The Morgan fingerprint density at radius 3 is 2.10 bits per heavy atom. The van der Waals surface area contributed by atoms with Crippen molar-refractivity contribution in [3.63, 3.8) is 0 Å². The molecule has 0 heterocycles. The fraction of sp³-hybridized carbons (Fsp3) is 0.214. The number of hydrogen-bond acceptors (Lipinski definition) is 1. The maximum Gasteiger partial charge on any atom is 0.250 e. The monoisotopic (exact) mass is 486 g/mol. The normalized spacial score (nSPS) is 12.8. The van der Waals surface area contributed by atoms with E-state index in [0.29, 0.717) is 0 Å². The van der Waals surface area contributed by atoms with Crippen molar-refractivity contribution >= 4 is 67.3 Å². The molecule has 0 fully saturated rings. The van der Waals surface area contributed by atoms with Gasteiger partial charge in [-0.05, 0) is 74.0 Å². The molecule has 31 heavy (non-hydrogen) atoms. The molecule has 0 amide bonds. The highest BCUT2D eigenvalue weighted by Crippen LogP contribution is 2.41. The third kappa shape index (κ3) is 3.35. The van der Waals surface area contributed by atoms with Crippen molar-refractivity contribution in [2.45, 2.75) is 38.9 Å². The molecule has 0 aromatic heterocycles. The Kier molecular flexibility index (Phi) is 4.69. The van der Waals surface area contributed by atoms with Crippen LogP contribution in [-0.4, -0.2) is 8.32 Å². The zero-order valence-corrected chi connectivity index (χ0v) is 21.3. The zero-order chi connectivity index (χ0) is 22.0. The first kappa shape index (κ1) is 20.5. The molecule has 0 spiro atoms. The van der Waals surface area contributed by atoms with Crippen molar-refractivity contribution in [2.75, 3.05) is 0 Å². The molecule has 3 heteroatoms. The minimum atomic E-state index is -1.90. The number of hydrogen-bond donors (Lipinski definition) is 0. The average molecular weight is 488 g/mol. The van der Waals surface area contributed by atoms with E-state index in [2.05, 4.69) is 123 Å². The lowest BCUT2D eigenvalue weighted by Crippen LogP contribution is -2.43. The van der Waals surface area contributed by atoms with Crippen LogP contribution >= 0.6 is 15.9 Å². The van der Waals surface area contributed by atoms with Gasteiger partial charge in [-0.25, -0.2) is 0 Å². The fourth-order valence-electron chi connectivity index (χ4n) is 4.18. The van der Waals surface area contributed by atoms with Gasteiger partial charge in [-0.15, -0.1) is 0 Å². The van der Waals surface area contributed by atoms with Crippen molar-refractivity contribution in [3.8, 4) is 5.75 Å². The molecular weight excluding hydrogens is 460 g/mol. The quantitative estimate of drug-likeness (QED) is 0.178. The largest absolute Gasteiger partial charge is 0.543 e. The van der Waals surface area contributed by atoms with Crippen molar-refractivity contribution in [1.82, 2.24) is 0 Å². The van der Waals surface area contributed by atoms with Crippen LogP contribution in [-0.2, 0) is 0 Å². The summed E-state index contributed by atoms with van der Waals surface area (Å²) in [5.74, 6) is 0.973. The van der Waals surface area contributed by atoms with Gasteiger partial charge in [0.15, 0.2) is 0 Å². The van der Waals surface area contributed by atoms with Gasteiger partial charge in [0.25, 0.3) is 0 Å². The van der Waals surface area contributed by atoms with Crippen LogP contribution in [0.4, 0.5) is 0 Å². The third-order valence-corrected chi connectivity index (χ3v) is 11.9. The first-order chi connectivity index (χ1) is 14.7. The Hall–Kier alpha value is -2.36. The van der Waals surface area contributed by atoms with Gasteiger partial charge in [0.05, 0.1) is 0 Å². The lowest BCUT2D eigenvalue weighted by atomic mass is 9.94. The molecule has 0 saturated heterocycles. The number of halogens is 1. The molecule has 5 aromatic rings. The third-order valence-electron chi connectivity index (χ3n) is 6.94. The maximum absolute atomic E-state index is 6.63. The summed E-state index contributed by atoms with van der Waals surface area (Å²) in [6, 6.07) is 26.4. The van der Waals surface area contributed by atoms with Gasteiger partial charge in [0.2, 0.25) is 8.32 Å². The van der Waals surface area contributed by atoms with Crippen molar-refractivity contribution in [2.24, 2.45) is 0 Å². The number of fused-ring (bicyclic) bond motifs is 7. The van der Waals surface area contributed by atoms with Gasteiger partial charge < -0.3 is 4.43 Å². The second kappa shape index (κ2) is 7.08. The summed E-state index contributed by atoms with van der Waals surface area (Å²) in [6.45, 7) is 11.4. The topological polar surface area (TPSA) is 9.23 Å². The highest BCUT2D eigenvalue weighted by atomic mass is 79.9. The van der Waals surface area contributed by atoms with E-state index in [-0.39, 0.29) is 5.04 Å². The smallest absolute Gasteiger partial charge is 0.250 e. The molecule has 5 aromatic carbocycles. The molecule has 0 radical (unpaired) electrons. The van der Waals surface area contributed by atoms with E-state index >= 15 is 0 Å². The molecule has 0 aliphatic rings. The van der Waals surface area contributed by atoms with Crippen molar-refractivity contribution < 1.29 is 4.43 Å². The van der Waals surface area contributed by atoms with E-state index in [4.69, 9.17) is 4.43 Å². The van der Waals surface area contributed by atoms with Crippen LogP contribution in [0.3, 0.4) is 0 Å². The lowest BCUT2D eigenvalue weighted by Gasteiger charge is -2.36. The summed E-state index contributed by atoms with van der Waals surface area (Å²) in [6.07, 6.45) is 0. The fourth-order valence-corrected chi connectivity index (χ4v) is 5.88. The van der Waals surface area contributed by atoms with E-state index < -0.39 is 8.32 Å². The standard InChI is InChI=1S/C28H27BrOSi/c1-28(2,3)31(4,5)30-20-12-10-19-16-26(29)27-23-13-11-18-8-6-7-9-21(18)22(23)14-15-24(27)25(19)17-20/h6-17H,1-5H3. The maximum atomic E-state index is 6.63. The lowest BCUT2D eigenvalue weighted by molar-refractivity contribution is 0.493. The first-order valence-electron chi connectivity index (χ1n) is 10.8. The van der Waals surface area contributed by atoms with Gasteiger partial charge in [-0.1, -0.05) is 91.3 Å². The van der Waals surface area contributed by atoms with Crippen LogP contribution in [0, 0.1) is 0 Å². The Morgan fingerprint density at radius 2 is 1.32 bits per heavy atom. The van der Waals surface area contributed by atoms with E-state index in [1.165, 1.54) is 43.1 Å². The molecular formula is C28H27BrOSi. The summed E-state index contributed by atoms with van der Waals surface area (Å²) in [5.41, 5.74) is 0. The van der Waals surface area contributed by atoms with Crippen LogP contribution < -0.4 is 4.43 Å². The van der Waals surface area contributed by atoms with Crippen molar-refractivity contribution in [3.05, 3.63) is 77.3 Å². The van der Waals surface area contributed by atoms with E-state index in [0.717, 1.165) is 10.2 Å². The van der Waals surface area contributed by atoms with E-state index in [9.17, 15) is 0 Å². The van der Waals surface area contributed by atoms with Crippen LogP contribution in [0.2, 0.25) is 18.1 Å². The van der Waals surface area contributed by atoms with Gasteiger partial charge in [0, 0.05) is 9.86 Å². The molecule has 0 saturated carbocycles. The summed E-state index contributed by atoms with van der Waals surface area (Å²) in [7, 11) is -1.90. The molecule has 0 aliphatic carbocycles. The van der Waals surface area contributed by atoms with Crippen LogP contribution in [0.25, 0.3) is 43.1 Å². The van der Waals surface area contributed by atoms with Gasteiger partial charge in [0.1, 0.15) is 5.75 Å². The second-order valence-electron chi connectivity index (χ2n) is 9.97. The zero-order valence-electron chi connectivity index (χ0n) is 18.7.